The smallest absolute Gasteiger partial charge is 0.258 e. The lowest BCUT2D eigenvalue weighted by Gasteiger charge is -2.45. The van der Waals surface area contributed by atoms with Crippen molar-refractivity contribution in [1.82, 2.24) is 9.34 Å². The zero-order valence-electron chi connectivity index (χ0n) is 13.6. The van der Waals surface area contributed by atoms with E-state index in [2.05, 4.69) is 37.0 Å². The van der Waals surface area contributed by atoms with Gasteiger partial charge in [0.2, 0.25) is 0 Å². The van der Waals surface area contributed by atoms with Crippen LogP contribution in [0.2, 0.25) is 0 Å². The summed E-state index contributed by atoms with van der Waals surface area (Å²) in [5.41, 5.74) is -0.127. The van der Waals surface area contributed by atoms with Crippen molar-refractivity contribution >= 4 is 17.1 Å². The zero-order valence-corrected chi connectivity index (χ0v) is 15.4. The van der Waals surface area contributed by atoms with Crippen LogP contribution in [0.3, 0.4) is 0 Å². The molecule has 0 aromatic rings. The molecule has 124 valence electrons. The predicted molar refractivity (Wildman–Crippen MR) is 85.9 cm³/mol. The molecule has 2 fully saturated rings. The Bertz CT molecular complexity index is 267. The summed E-state index contributed by atoms with van der Waals surface area (Å²) in [4.78, 5) is 0. The fraction of sp³-hybridized carbons (Fsp3) is 1.00. The molecule has 0 amide bonds. The highest BCUT2D eigenvalue weighted by Gasteiger charge is 2.44. The average molecular weight is 338 g/mol. The quantitative estimate of drug-likeness (QED) is 0.693. The molecule has 8 heteroatoms. The monoisotopic (exact) mass is 338 g/mol. The summed E-state index contributed by atoms with van der Waals surface area (Å²) in [5, 5.41) is 0. The summed E-state index contributed by atoms with van der Waals surface area (Å²) in [5.74, 6) is 0. The first kappa shape index (κ1) is 18.0. The Labute approximate surface area is 131 Å². The lowest BCUT2D eigenvalue weighted by atomic mass is 9.93. The standard InChI is InChI=1S/C13H28N2O4P2/c1-5-14(6-2)20-16-9-13(10-17-20)11-18-21(19-12-13)15(7-3)8-4/h5-12H2,1-4H3. The van der Waals surface area contributed by atoms with Gasteiger partial charge in [0.05, 0.1) is 31.8 Å². The van der Waals surface area contributed by atoms with E-state index in [0.717, 1.165) is 26.2 Å². The molecule has 2 aliphatic rings. The molecule has 0 aromatic carbocycles. The van der Waals surface area contributed by atoms with Crippen LogP contribution in [0.5, 0.6) is 0 Å². The molecule has 0 aliphatic carbocycles. The van der Waals surface area contributed by atoms with Gasteiger partial charge in [-0.25, -0.2) is 9.34 Å². The molecule has 2 heterocycles. The molecular formula is C13H28N2O4P2. The third-order valence-corrected chi connectivity index (χ3v) is 7.30. The van der Waals surface area contributed by atoms with Crippen molar-refractivity contribution in [3.63, 3.8) is 0 Å². The Morgan fingerprint density at radius 1 is 0.667 bits per heavy atom. The van der Waals surface area contributed by atoms with Gasteiger partial charge in [-0.15, -0.1) is 0 Å². The molecule has 1 spiro atoms. The van der Waals surface area contributed by atoms with Crippen molar-refractivity contribution < 1.29 is 18.1 Å². The van der Waals surface area contributed by atoms with E-state index in [-0.39, 0.29) is 5.41 Å². The summed E-state index contributed by atoms with van der Waals surface area (Å²) in [6, 6.07) is 0. The van der Waals surface area contributed by atoms with Crippen LogP contribution in [0.15, 0.2) is 0 Å². The SMILES string of the molecule is CCN(CC)P1OCC2(CO1)COP(N(CC)CC)OC2. The van der Waals surface area contributed by atoms with E-state index in [1.54, 1.807) is 0 Å². The maximum absolute atomic E-state index is 5.97. The van der Waals surface area contributed by atoms with Gasteiger partial charge in [-0.2, -0.15) is 0 Å². The van der Waals surface area contributed by atoms with E-state index in [9.17, 15) is 0 Å². The molecule has 0 radical (unpaired) electrons. The molecule has 6 nitrogen and oxygen atoms in total. The third-order valence-electron chi connectivity index (χ3n) is 3.85. The molecule has 2 aliphatic heterocycles. The molecule has 21 heavy (non-hydrogen) atoms. The van der Waals surface area contributed by atoms with Crippen LogP contribution in [-0.4, -0.2) is 61.9 Å². The van der Waals surface area contributed by atoms with Crippen LogP contribution in [-0.2, 0) is 18.1 Å². The Morgan fingerprint density at radius 3 is 1.19 bits per heavy atom. The van der Waals surface area contributed by atoms with Crippen molar-refractivity contribution in [2.45, 2.75) is 27.7 Å². The van der Waals surface area contributed by atoms with Gasteiger partial charge in [-0.3, -0.25) is 0 Å². The molecule has 0 saturated carbocycles. The van der Waals surface area contributed by atoms with Crippen molar-refractivity contribution in [1.29, 1.82) is 0 Å². The predicted octanol–water partition coefficient (Wildman–Crippen LogP) is 3.20. The van der Waals surface area contributed by atoms with Crippen LogP contribution in [0.25, 0.3) is 0 Å². The lowest BCUT2D eigenvalue weighted by Crippen LogP contribution is -2.46. The summed E-state index contributed by atoms with van der Waals surface area (Å²) in [7, 11) is -1.80. The summed E-state index contributed by atoms with van der Waals surface area (Å²) in [6.07, 6.45) is 0. The molecule has 0 N–H and O–H groups in total. The van der Waals surface area contributed by atoms with Crippen molar-refractivity contribution in [3.8, 4) is 0 Å². The van der Waals surface area contributed by atoms with Crippen LogP contribution in [0.1, 0.15) is 27.7 Å². The van der Waals surface area contributed by atoms with E-state index in [0.29, 0.717) is 26.4 Å². The molecular weight excluding hydrogens is 310 g/mol. The van der Waals surface area contributed by atoms with Gasteiger partial charge in [0.25, 0.3) is 17.1 Å². The Kier molecular flexibility index (Phi) is 7.24. The maximum Gasteiger partial charge on any atom is 0.258 e. The minimum atomic E-state index is -0.899. The number of hydrogen-bond donors (Lipinski definition) is 0. The average Bonchev–Trinajstić information content (AvgIpc) is 2.53. The van der Waals surface area contributed by atoms with E-state index in [1.165, 1.54) is 0 Å². The van der Waals surface area contributed by atoms with Crippen molar-refractivity contribution in [3.05, 3.63) is 0 Å². The lowest BCUT2D eigenvalue weighted by molar-refractivity contribution is -0.0645. The summed E-state index contributed by atoms with van der Waals surface area (Å²) < 4.78 is 28.3. The first-order valence-electron chi connectivity index (χ1n) is 7.79. The Morgan fingerprint density at radius 2 is 0.952 bits per heavy atom. The van der Waals surface area contributed by atoms with E-state index < -0.39 is 17.1 Å². The van der Waals surface area contributed by atoms with Gasteiger partial charge in [-0.1, -0.05) is 27.7 Å². The molecule has 0 atom stereocenters. The molecule has 0 bridgehead atoms. The Hall–Kier alpha value is 0.620. The molecule has 2 saturated heterocycles. The Balaban J connectivity index is 1.82. The first-order chi connectivity index (χ1) is 10.2. The van der Waals surface area contributed by atoms with Gasteiger partial charge >= 0.3 is 0 Å². The van der Waals surface area contributed by atoms with Gasteiger partial charge < -0.3 is 18.1 Å². The van der Waals surface area contributed by atoms with Crippen molar-refractivity contribution in [2.75, 3.05) is 52.6 Å². The minimum absolute atomic E-state index is 0.127. The second-order valence-corrected chi connectivity index (χ2v) is 8.46. The summed E-state index contributed by atoms with van der Waals surface area (Å²) >= 11 is 0. The maximum atomic E-state index is 5.97. The highest BCUT2D eigenvalue weighted by Crippen LogP contribution is 2.54. The largest absolute Gasteiger partial charge is 0.321 e. The van der Waals surface area contributed by atoms with Gasteiger partial charge in [0, 0.05) is 26.2 Å². The van der Waals surface area contributed by atoms with E-state index in [1.807, 2.05) is 0 Å². The number of nitrogens with zero attached hydrogens (tertiary/aromatic N) is 2. The van der Waals surface area contributed by atoms with E-state index in [4.69, 9.17) is 18.1 Å². The van der Waals surface area contributed by atoms with Crippen LogP contribution in [0.4, 0.5) is 0 Å². The highest BCUT2D eigenvalue weighted by atomic mass is 31.2. The summed E-state index contributed by atoms with van der Waals surface area (Å²) in [6.45, 7) is 15.0. The number of rotatable bonds is 6. The number of hydrogen-bond acceptors (Lipinski definition) is 6. The van der Waals surface area contributed by atoms with Crippen LogP contribution in [0, 0.1) is 5.41 Å². The fourth-order valence-corrected chi connectivity index (χ4v) is 5.59. The second kappa shape index (κ2) is 8.47. The third kappa shape index (κ3) is 4.33. The first-order valence-corrected chi connectivity index (χ1v) is 10.1. The van der Waals surface area contributed by atoms with Gasteiger partial charge in [-0.05, 0) is 0 Å². The molecule has 0 unspecified atom stereocenters. The molecule has 0 aromatic heterocycles. The fourth-order valence-electron chi connectivity index (χ4n) is 2.33. The zero-order chi connectivity index (χ0) is 15.3. The normalized spacial score (nSPS) is 34.0. The highest BCUT2D eigenvalue weighted by molar-refractivity contribution is 7.45. The van der Waals surface area contributed by atoms with Crippen molar-refractivity contribution in [2.24, 2.45) is 5.41 Å². The van der Waals surface area contributed by atoms with E-state index >= 15 is 0 Å². The van der Waals surface area contributed by atoms with Gasteiger partial charge in [0.1, 0.15) is 0 Å². The van der Waals surface area contributed by atoms with Crippen LogP contribution < -0.4 is 0 Å². The second-order valence-electron chi connectivity index (χ2n) is 5.35. The van der Waals surface area contributed by atoms with Crippen LogP contribution >= 0.6 is 17.1 Å². The minimum Gasteiger partial charge on any atom is -0.321 e. The van der Waals surface area contributed by atoms with Gasteiger partial charge in [0.15, 0.2) is 0 Å². The topological polar surface area (TPSA) is 43.4 Å². The molecule has 2 rings (SSSR count).